The summed E-state index contributed by atoms with van der Waals surface area (Å²) in [6, 6.07) is 10.1. The zero-order valence-electron chi connectivity index (χ0n) is 9.52. The van der Waals surface area contributed by atoms with Crippen molar-refractivity contribution in [3.8, 4) is 0 Å². The fraction of sp³-hybridized carbons (Fsp3) is 0.385. The molecule has 2 rings (SSSR count). The first-order valence-electron chi connectivity index (χ1n) is 5.64. The minimum Gasteiger partial charge on any atom is -0.460 e. The summed E-state index contributed by atoms with van der Waals surface area (Å²) in [5, 5.41) is 10.0. The summed E-state index contributed by atoms with van der Waals surface area (Å²) in [7, 11) is 0. The van der Waals surface area contributed by atoms with E-state index in [0.29, 0.717) is 6.54 Å². The first-order chi connectivity index (χ1) is 7.83. The van der Waals surface area contributed by atoms with E-state index in [9.17, 15) is 0 Å². The number of hydrogen-bond donors (Lipinski definition) is 1. The van der Waals surface area contributed by atoms with Crippen LogP contribution in [0.2, 0.25) is 0 Å². The normalized spacial score (nSPS) is 11.4. The third kappa shape index (κ3) is 2.43. The maximum atomic E-state index is 8.91. The average molecular weight is 219 g/mol. The first-order valence-corrected chi connectivity index (χ1v) is 5.64. The Balaban J connectivity index is 2.14. The molecule has 1 N–H and O–H groups in total. The molecule has 1 heterocycles. The molecule has 0 amide bonds. The van der Waals surface area contributed by atoms with E-state index in [0.717, 1.165) is 29.8 Å². The van der Waals surface area contributed by atoms with Crippen molar-refractivity contribution < 1.29 is 9.52 Å². The number of benzene rings is 1. The molecule has 0 aliphatic heterocycles. The van der Waals surface area contributed by atoms with Gasteiger partial charge in [0.05, 0.1) is 13.2 Å². The van der Waals surface area contributed by atoms with Crippen LogP contribution in [-0.2, 0) is 6.54 Å². The topological polar surface area (TPSA) is 36.6 Å². The number of furan rings is 1. The van der Waals surface area contributed by atoms with E-state index in [-0.39, 0.29) is 6.61 Å². The van der Waals surface area contributed by atoms with E-state index < -0.39 is 0 Å². The van der Waals surface area contributed by atoms with Gasteiger partial charge in [-0.25, -0.2) is 0 Å². The van der Waals surface area contributed by atoms with Gasteiger partial charge in [0.1, 0.15) is 11.3 Å². The quantitative estimate of drug-likeness (QED) is 0.838. The third-order valence-corrected chi connectivity index (χ3v) is 2.72. The molecule has 1 aromatic heterocycles. The van der Waals surface area contributed by atoms with Gasteiger partial charge in [0.15, 0.2) is 0 Å². The van der Waals surface area contributed by atoms with Crippen molar-refractivity contribution in [2.24, 2.45) is 0 Å². The van der Waals surface area contributed by atoms with Gasteiger partial charge in [-0.2, -0.15) is 0 Å². The summed E-state index contributed by atoms with van der Waals surface area (Å²) in [6.07, 6.45) is 0. The number of aliphatic hydroxyl groups is 1. The summed E-state index contributed by atoms with van der Waals surface area (Å²) in [6.45, 7) is 4.63. The van der Waals surface area contributed by atoms with Gasteiger partial charge in [-0.1, -0.05) is 25.1 Å². The van der Waals surface area contributed by atoms with Crippen LogP contribution in [0.3, 0.4) is 0 Å². The van der Waals surface area contributed by atoms with Crippen molar-refractivity contribution >= 4 is 11.0 Å². The highest BCUT2D eigenvalue weighted by Gasteiger charge is 2.07. The monoisotopic (exact) mass is 219 g/mol. The fourth-order valence-electron chi connectivity index (χ4n) is 1.83. The second-order valence-electron chi connectivity index (χ2n) is 3.84. The van der Waals surface area contributed by atoms with Crippen molar-refractivity contribution in [1.82, 2.24) is 4.90 Å². The highest BCUT2D eigenvalue weighted by atomic mass is 16.3. The number of hydrogen-bond acceptors (Lipinski definition) is 3. The molecule has 0 atom stereocenters. The molecule has 0 radical (unpaired) electrons. The van der Waals surface area contributed by atoms with Crippen molar-refractivity contribution in [2.45, 2.75) is 13.5 Å². The number of rotatable bonds is 5. The smallest absolute Gasteiger partial charge is 0.134 e. The molecule has 2 aromatic rings. The van der Waals surface area contributed by atoms with Gasteiger partial charge in [0.25, 0.3) is 0 Å². The molecule has 0 unspecified atom stereocenters. The van der Waals surface area contributed by atoms with Crippen LogP contribution in [0.5, 0.6) is 0 Å². The number of nitrogens with zero attached hydrogens (tertiary/aromatic N) is 1. The van der Waals surface area contributed by atoms with Gasteiger partial charge in [-0.05, 0) is 18.7 Å². The van der Waals surface area contributed by atoms with Gasteiger partial charge >= 0.3 is 0 Å². The van der Waals surface area contributed by atoms with E-state index in [1.54, 1.807) is 0 Å². The number of fused-ring (bicyclic) bond motifs is 1. The summed E-state index contributed by atoms with van der Waals surface area (Å²) in [5.41, 5.74) is 0.928. The number of aliphatic hydroxyl groups excluding tert-OH is 1. The molecule has 0 spiro atoms. The van der Waals surface area contributed by atoms with E-state index in [1.165, 1.54) is 0 Å². The van der Waals surface area contributed by atoms with Crippen LogP contribution in [0.25, 0.3) is 11.0 Å². The van der Waals surface area contributed by atoms with E-state index in [4.69, 9.17) is 9.52 Å². The predicted octanol–water partition coefficient (Wildman–Crippen LogP) is 2.25. The second kappa shape index (κ2) is 5.14. The Bertz CT molecular complexity index is 417. The molecule has 0 fully saturated rings. The molecule has 16 heavy (non-hydrogen) atoms. The molecule has 0 saturated carbocycles. The molecule has 0 aliphatic carbocycles. The molecule has 3 heteroatoms. The fourth-order valence-corrected chi connectivity index (χ4v) is 1.83. The van der Waals surface area contributed by atoms with Crippen LogP contribution in [0.1, 0.15) is 12.7 Å². The zero-order valence-corrected chi connectivity index (χ0v) is 9.52. The zero-order chi connectivity index (χ0) is 11.4. The Morgan fingerprint density at radius 3 is 2.81 bits per heavy atom. The molecular weight excluding hydrogens is 202 g/mol. The number of para-hydroxylation sites is 1. The highest BCUT2D eigenvalue weighted by molar-refractivity contribution is 5.77. The predicted molar refractivity (Wildman–Crippen MR) is 64.3 cm³/mol. The van der Waals surface area contributed by atoms with Crippen molar-refractivity contribution in [1.29, 1.82) is 0 Å². The SMILES string of the molecule is CCN(CCO)Cc1cc2ccccc2o1. The van der Waals surface area contributed by atoms with Crippen LogP contribution in [0.15, 0.2) is 34.7 Å². The Morgan fingerprint density at radius 1 is 1.31 bits per heavy atom. The molecule has 0 aliphatic rings. The van der Waals surface area contributed by atoms with Gasteiger partial charge in [-0.3, -0.25) is 4.90 Å². The first kappa shape index (κ1) is 11.2. The molecule has 86 valence electrons. The molecular formula is C13H17NO2. The van der Waals surface area contributed by atoms with Gasteiger partial charge in [0.2, 0.25) is 0 Å². The largest absolute Gasteiger partial charge is 0.460 e. The maximum absolute atomic E-state index is 8.91. The Hall–Kier alpha value is -1.32. The Morgan fingerprint density at radius 2 is 2.12 bits per heavy atom. The van der Waals surface area contributed by atoms with Crippen molar-refractivity contribution in [3.63, 3.8) is 0 Å². The lowest BCUT2D eigenvalue weighted by atomic mass is 10.2. The third-order valence-electron chi connectivity index (χ3n) is 2.72. The molecule has 0 saturated heterocycles. The lowest BCUT2D eigenvalue weighted by molar-refractivity contribution is 0.188. The highest BCUT2D eigenvalue weighted by Crippen LogP contribution is 2.19. The van der Waals surface area contributed by atoms with Crippen molar-refractivity contribution in [3.05, 3.63) is 36.1 Å². The molecule has 1 aromatic carbocycles. The molecule has 0 bridgehead atoms. The molecule has 3 nitrogen and oxygen atoms in total. The second-order valence-corrected chi connectivity index (χ2v) is 3.84. The summed E-state index contributed by atoms with van der Waals surface area (Å²) < 4.78 is 5.72. The Labute approximate surface area is 95.3 Å². The lowest BCUT2D eigenvalue weighted by Crippen LogP contribution is -2.25. The van der Waals surface area contributed by atoms with Crippen LogP contribution >= 0.6 is 0 Å². The average Bonchev–Trinajstić information content (AvgIpc) is 2.70. The van der Waals surface area contributed by atoms with E-state index in [1.807, 2.05) is 24.3 Å². The van der Waals surface area contributed by atoms with Crippen molar-refractivity contribution in [2.75, 3.05) is 19.7 Å². The minimum atomic E-state index is 0.189. The maximum Gasteiger partial charge on any atom is 0.134 e. The van der Waals surface area contributed by atoms with Crippen LogP contribution in [0.4, 0.5) is 0 Å². The summed E-state index contributed by atoms with van der Waals surface area (Å²) >= 11 is 0. The number of likely N-dealkylation sites (N-methyl/N-ethyl adjacent to an activating group) is 1. The van der Waals surface area contributed by atoms with E-state index in [2.05, 4.69) is 17.9 Å². The summed E-state index contributed by atoms with van der Waals surface area (Å²) in [4.78, 5) is 2.15. The van der Waals surface area contributed by atoms with Gasteiger partial charge in [-0.15, -0.1) is 0 Å². The lowest BCUT2D eigenvalue weighted by Gasteiger charge is -2.16. The standard InChI is InChI=1S/C13H17NO2/c1-2-14(7-8-15)10-12-9-11-5-3-4-6-13(11)16-12/h3-6,9,15H,2,7-8,10H2,1H3. The van der Waals surface area contributed by atoms with Gasteiger partial charge < -0.3 is 9.52 Å². The Kier molecular flexibility index (Phi) is 3.59. The van der Waals surface area contributed by atoms with Gasteiger partial charge in [0, 0.05) is 11.9 Å². The summed E-state index contributed by atoms with van der Waals surface area (Å²) in [5.74, 6) is 0.955. The van der Waals surface area contributed by atoms with Crippen LogP contribution in [-0.4, -0.2) is 29.7 Å². The van der Waals surface area contributed by atoms with Crippen LogP contribution in [0, 0.1) is 0 Å². The van der Waals surface area contributed by atoms with Crippen LogP contribution < -0.4 is 0 Å². The van der Waals surface area contributed by atoms with E-state index >= 15 is 0 Å². The minimum absolute atomic E-state index is 0.189.